The van der Waals surface area contributed by atoms with Gasteiger partial charge in [-0.1, -0.05) is 38.2 Å². The Hall–Kier alpha value is -1.95. The number of aromatic nitrogens is 2. The Balaban J connectivity index is 2.06. The minimum atomic E-state index is -0.215. The Labute approximate surface area is 128 Å². The van der Waals surface area contributed by atoms with Crippen molar-refractivity contribution in [3.8, 4) is 5.75 Å². The Morgan fingerprint density at radius 3 is 2.76 bits per heavy atom. The summed E-state index contributed by atoms with van der Waals surface area (Å²) in [4.78, 5) is 12.1. The first-order chi connectivity index (χ1) is 9.87. The van der Waals surface area contributed by atoms with E-state index in [0.717, 1.165) is 11.4 Å². The van der Waals surface area contributed by atoms with Gasteiger partial charge in [-0.15, -0.1) is 10.2 Å². The van der Waals surface area contributed by atoms with Gasteiger partial charge in [0.25, 0.3) is 5.91 Å². The van der Waals surface area contributed by atoms with Crippen LogP contribution in [-0.2, 0) is 6.42 Å². The van der Waals surface area contributed by atoms with E-state index < -0.39 is 0 Å². The first kappa shape index (κ1) is 15.4. The summed E-state index contributed by atoms with van der Waals surface area (Å²) in [7, 11) is 1.57. The number of ether oxygens (including phenoxy) is 1. The fourth-order valence-electron chi connectivity index (χ4n) is 1.76. The second-order valence-corrected chi connectivity index (χ2v) is 6.99. The summed E-state index contributed by atoms with van der Waals surface area (Å²) in [5.41, 5.74) is 0.676. The highest BCUT2D eigenvalue weighted by Gasteiger charge is 2.16. The predicted molar refractivity (Wildman–Crippen MR) is 84.0 cm³/mol. The molecule has 1 aromatic carbocycles. The Morgan fingerprint density at radius 1 is 1.33 bits per heavy atom. The van der Waals surface area contributed by atoms with Gasteiger partial charge in [0.05, 0.1) is 7.11 Å². The Bertz CT molecular complexity index is 632. The number of methoxy groups -OCH3 is 1. The van der Waals surface area contributed by atoms with Gasteiger partial charge in [0.1, 0.15) is 10.8 Å². The lowest BCUT2D eigenvalue weighted by atomic mass is 9.93. The van der Waals surface area contributed by atoms with E-state index in [9.17, 15) is 4.79 Å². The second kappa shape index (κ2) is 6.22. The molecule has 112 valence electrons. The third-order valence-electron chi connectivity index (χ3n) is 2.70. The lowest BCUT2D eigenvalue weighted by Crippen LogP contribution is -2.11. The second-order valence-electron chi connectivity index (χ2n) is 5.92. The number of amides is 1. The van der Waals surface area contributed by atoms with E-state index in [2.05, 4.69) is 36.3 Å². The molecular formula is C15H19N3O2S. The molecule has 0 spiro atoms. The first-order valence-electron chi connectivity index (χ1n) is 6.65. The topological polar surface area (TPSA) is 64.1 Å². The molecule has 1 heterocycles. The molecule has 5 nitrogen and oxygen atoms in total. The summed E-state index contributed by atoms with van der Waals surface area (Å²) in [5, 5.41) is 12.3. The first-order valence-corrected chi connectivity index (χ1v) is 7.47. The molecular weight excluding hydrogens is 286 g/mol. The standard InChI is InChI=1S/C15H19N3O2S/c1-15(2,3)9-12-17-18-14(21-12)16-13(19)10-6-5-7-11(8-10)20-4/h5-8H,9H2,1-4H3,(H,16,18,19). The fraction of sp³-hybridized carbons (Fsp3) is 0.400. The lowest BCUT2D eigenvalue weighted by Gasteiger charge is -2.14. The van der Waals surface area contributed by atoms with Gasteiger partial charge in [-0.3, -0.25) is 10.1 Å². The molecule has 0 aliphatic rings. The highest BCUT2D eigenvalue weighted by Crippen LogP contribution is 2.25. The van der Waals surface area contributed by atoms with Crippen LogP contribution in [0, 0.1) is 5.41 Å². The van der Waals surface area contributed by atoms with Gasteiger partial charge in [-0.2, -0.15) is 0 Å². The molecule has 0 saturated carbocycles. The van der Waals surface area contributed by atoms with Gasteiger partial charge in [0.2, 0.25) is 5.13 Å². The quantitative estimate of drug-likeness (QED) is 0.940. The molecule has 0 fully saturated rings. The number of carbonyl (C=O) groups excluding carboxylic acids is 1. The van der Waals surface area contributed by atoms with Crippen molar-refractivity contribution in [3.05, 3.63) is 34.8 Å². The maximum absolute atomic E-state index is 12.1. The molecule has 2 rings (SSSR count). The van der Waals surface area contributed by atoms with Crippen molar-refractivity contribution in [2.45, 2.75) is 27.2 Å². The van der Waals surface area contributed by atoms with Crippen molar-refractivity contribution in [1.82, 2.24) is 10.2 Å². The van der Waals surface area contributed by atoms with Gasteiger partial charge in [0.15, 0.2) is 0 Å². The molecule has 6 heteroatoms. The minimum absolute atomic E-state index is 0.146. The average molecular weight is 305 g/mol. The molecule has 0 saturated heterocycles. The molecule has 1 amide bonds. The normalized spacial score (nSPS) is 11.2. The molecule has 2 aromatic rings. The van der Waals surface area contributed by atoms with Crippen LogP contribution in [0.3, 0.4) is 0 Å². The summed E-state index contributed by atoms with van der Waals surface area (Å²) in [6.45, 7) is 6.43. The number of nitrogens with one attached hydrogen (secondary N) is 1. The van der Waals surface area contributed by atoms with Gasteiger partial charge in [0, 0.05) is 12.0 Å². The highest BCUT2D eigenvalue weighted by atomic mass is 32.1. The van der Waals surface area contributed by atoms with E-state index in [0.29, 0.717) is 16.4 Å². The van der Waals surface area contributed by atoms with Crippen LogP contribution in [0.2, 0.25) is 0 Å². The number of nitrogens with zero attached hydrogens (tertiary/aromatic N) is 2. The number of carbonyl (C=O) groups is 1. The van der Waals surface area contributed by atoms with Gasteiger partial charge < -0.3 is 4.74 Å². The molecule has 0 atom stereocenters. The molecule has 0 aliphatic heterocycles. The number of anilines is 1. The van der Waals surface area contributed by atoms with Crippen molar-refractivity contribution < 1.29 is 9.53 Å². The summed E-state index contributed by atoms with van der Waals surface area (Å²) in [5.74, 6) is 0.431. The Morgan fingerprint density at radius 2 is 2.10 bits per heavy atom. The van der Waals surface area contributed by atoms with E-state index in [1.807, 2.05) is 0 Å². The number of hydrogen-bond acceptors (Lipinski definition) is 5. The van der Waals surface area contributed by atoms with Crippen LogP contribution in [0.1, 0.15) is 36.1 Å². The summed E-state index contributed by atoms with van der Waals surface area (Å²) < 4.78 is 5.11. The molecule has 0 bridgehead atoms. The zero-order valence-corrected chi connectivity index (χ0v) is 13.5. The zero-order chi connectivity index (χ0) is 15.5. The summed E-state index contributed by atoms with van der Waals surface area (Å²) >= 11 is 1.41. The monoisotopic (exact) mass is 305 g/mol. The third kappa shape index (κ3) is 4.53. The number of rotatable bonds is 4. The van der Waals surface area contributed by atoms with E-state index in [-0.39, 0.29) is 11.3 Å². The SMILES string of the molecule is COc1cccc(C(=O)Nc2nnc(CC(C)(C)C)s2)c1. The van der Waals surface area contributed by atoms with Crippen LogP contribution in [0.5, 0.6) is 5.75 Å². The molecule has 0 radical (unpaired) electrons. The van der Waals surface area contributed by atoms with Crippen LogP contribution in [0.15, 0.2) is 24.3 Å². The smallest absolute Gasteiger partial charge is 0.257 e. The molecule has 1 N–H and O–H groups in total. The van der Waals surface area contributed by atoms with Crippen LogP contribution in [-0.4, -0.2) is 23.2 Å². The molecule has 0 unspecified atom stereocenters. The molecule has 0 aliphatic carbocycles. The van der Waals surface area contributed by atoms with Crippen LogP contribution in [0.4, 0.5) is 5.13 Å². The van der Waals surface area contributed by atoms with E-state index in [1.54, 1.807) is 31.4 Å². The highest BCUT2D eigenvalue weighted by molar-refractivity contribution is 7.15. The third-order valence-corrected chi connectivity index (χ3v) is 3.54. The molecule has 21 heavy (non-hydrogen) atoms. The van der Waals surface area contributed by atoms with Gasteiger partial charge in [-0.05, 0) is 23.6 Å². The maximum atomic E-state index is 12.1. The zero-order valence-electron chi connectivity index (χ0n) is 12.6. The van der Waals surface area contributed by atoms with Gasteiger partial charge >= 0.3 is 0 Å². The number of benzene rings is 1. The van der Waals surface area contributed by atoms with Crippen molar-refractivity contribution in [2.75, 3.05) is 12.4 Å². The van der Waals surface area contributed by atoms with Crippen molar-refractivity contribution in [2.24, 2.45) is 5.41 Å². The van der Waals surface area contributed by atoms with Crippen molar-refractivity contribution >= 4 is 22.4 Å². The Kier molecular flexibility index (Phi) is 4.57. The van der Waals surface area contributed by atoms with Crippen LogP contribution < -0.4 is 10.1 Å². The van der Waals surface area contributed by atoms with E-state index >= 15 is 0 Å². The largest absolute Gasteiger partial charge is 0.497 e. The molecule has 1 aromatic heterocycles. The minimum Gasteiger partial charge on any atom is -0.497 e. The summed E-state index contributed by atoms with van der Waals surface area (Å²) in [6.07, 6.45) is 0.833. The summed E-state index contributed by atoms with van der Waals surface area (Å²) in [6, 6.07) is 6.99. The van der Waals surface area contributed by atoms with Crippen LogP contribution in [0.25, 0.3) is 0 Å². The number of hydrogen-bond donors (Lipinski definition) is 1. The van der Waals surface area contributed by atoms with Gasteiger partial charge in [-0.25, -0.2) is 0 Å². The fourth-order valence-corrected chi connectivity index (χ4v) is 2.80. The van der Waals surface area contributed by atoms with E-state index in [4.69, 9.17) is 4.74 Å². The lowest BCUT2D eigenvalue weighted by molar-refractivity contribution is 0.102. The van der Waals surface area contributed by atoms with Crippen molar-refractivity contribution in [3.63, 3.8) is 0 Å². The predicted octanol–water partition coefficient (Wildman–Crippen LogP) is 3.39. The van der Waals surface area contributed by atoms with Crippen LogP contribution >= 0.6 is 11.3 Å². The van der Waals surface area contributed by atoms with E-state index in [1.165, 1.54) is 11.3 Å². The average Bonchev–Trinajstić information content (AvgIpc) is 2.83. The van der Waals surface area contributed by atoms with Crippen molar-refractivity contribution in [1.29, 1.82) is 0 Å². The maximum Gasteiger partial charge on any atom is 0.257 e.